The van der Waals surface area contributed by atoms with Crippen LogP contribution in [-0.4, -0.2) is 23.2 Å². The maximum absolute atomic E-state index is 13.0. The Morgan fingerprint density at radius 1 is 1.50 bits per heavy atom. The summed E-state index contributed by atoms with van der Waals surface area (Å²) in [5.41, 5.74) is -1.44. The van der Waals surface area contributed by atoms with Crippen molar-refractivity contribution in [3.63, 3.8) is 0 Å². The lowest BCUT2D eigenvalue weighted by Gasteiger charge is -2.33. The van der Waals surface area contributed by atoms with Gasteiger partial charge in [0, 0.05) is 0 Å². The van der Waals surface area contributed by atoms with E-state index in [1.807, 2.05) is 13.8 Å². The Labute approximate surface area is 136 Å². The summed E-state index contributed by atoms with van der Waals surface area (Å²) in [4.78, 5) is 14.5. The topological polar surface area (TPSA) is 74.3 Å². The number of nitrogens with one attached hydrogen (secondary N) is 1. The third-order valence-electron chi connectivity index (χ3n) is 2.87. The zero-order valence-corrected chi connectivity index (χ0v) is 14.1. The number of nitrogens with zero attached hydrogens (tertiary/aromatic N) is 1. The maximum atomic E-state index is 13.0. The van der Waals surface area contributed by atoms with Crippen LogP contribution in [0.4, 0.5) is 13.6 Å². The van der Waals surface area contributed by atoms with Gasteiger partial charge in [0.05, 0.1) is 5.54 Å². The lowest BCUT2D eigenvalue weighted by atomic mass is 9.91. The van der Waals surface area contributed by atoms with E-state index in [1.54, 1.807) is 6.92 Å². The van der Waals surface area contributed by atoms with Crippen LogP contribution in [0.2, 0.25) is 0 Å². The van der Waals surface area contributed by atoms with Crippen molar-refractivity contribution in [2.24, 2.45) is 5.92 Å². The van der Waals surface area contributed by atoms with Crippen molar-refractivity contribution in [1.29, 1.82) is 0 Å². The van der Waals surface area contributed by atoms with Gasteiger partial charge >= 0.3 is 0 Å². The molecule has 0 bridgehead atoms. The Morgan fingerprint density at radius 2 is 2.14 bits per heavy atom. The van der Waals surface area contributed by atoms with E-state index in [0.29, 0.717) is 6.42 Å². The van der Waals surface area contributed by atoms with Gasteiger partial charge in [0.25, 0.3) is 6.43 Å². The summed E-state index contributed by atoms with van der Waals surface area (Å²) < 4.78 is 31.6. The molecule has 0 saturated heterocycles. The van der Waals surface area contributed by atoms with E-state index in [-0.39, 0.29) is 22.9 Å². The molecule has 1 unspecified atom stereocenters. The molecular weight excluding hydrogens is 362 g/mol. The number of rotatable bonds is 7. The molecule has 1 rings (SSSR count). The maximum Gasteiger partial charge on any atom is 0.284 e. The number of alkyl halides is 2. The second-order valence-electron chi connectivity index (χ2n) is 5.68. The van der Waals surface area contributed by atoms with Crippen LogP contribution in [0.1, 0.15) is 39.3 Å². The summed E-state index contributed by atoms with van der Waals surface area (Å²) in [5.74, 6) is 0.103. The molecule has 1 atom stereocenters. The van der Waals surface area contributed by atoms with E-state index < -0.39 is 23.8 Å². The van der Waals surface area contributed by atoms with Gasteiger partial charge in [0.1, 0.15) is 28.7 Å². The minimum absolute atomic E-state index is 0.0756. The third-order valence-corrected chi connectivity index (χ3v) is 3.31. The first-order valence-electron chi connectivity index (χ1n) is 6.69. The Kier molecular flexibility index (Phi) is 6.52. The Balaban J connectivity index is 2.91. The molecule has 124 valence electrons. The summed E-state index contributed by atoms with van der Waals surface area (Å²) in [6.07, 6.45) is -3.76. The predicted molar refractivity (Wildman–Crippen MR) is 78.8 cm³/mol. The van der Waals surface area contributed by atoms with Crippen LogP contribution in [0.15, 0.2) is 16.7 Å². The average Bonchev–Trinajstić information content (AvgIpc) is 2.35. The van der Waals surface area contributed by atoms with Crippen molar-refractivity contribution in [2.45, 2.75) is 39.2 Å². The smallest absolute Gasteiger partial charge is 0.284 e. The molecule has 1 aromatic heterocycles. The largest absolute Gasteiger partial charge is 0.530 e. The molecule has 0 saturated carbocycles. The third kappa shape index (κ3) is 5.75. The highest BCUT2D eigenvalue weighted by atomic mass is 79.9. The number of carbonyl (C=O) groups excluding carboxylic acids is 1. The predicted octanol–water partition coefficient (Wildman–Crippen LogP) is 2.90. The van der Waals surface area contributed by atoms with Crippen molar-refractivity contribution in [3.8, 4) is 5.75 Å². The van der Waals surface area contributed by atoms with Crippen molar-refractivity contribution in [1.82, 2.24) is 10.3 Å². The Hall–Kier alpha value is -1.44. The summed E-state index contributed by atoms with van der Waals surface area (Å²) in [6.45, 7) is 5.36. The monoisotopic (exact) mass is 379 g/mol. The molecule has 0 aliphatic carbocycles. The standard InChI is InChI=1S/C14H19BrF2N2O3/c1-8(2)6-14(3,19-13(20)21)7-22-9-4-5-10(15)18-11(9)12(16)17/h4-5,8,12,19H,6-7H2,1-3H3,(H,20,21)/p-1. The van der Waals surface area contributed by atoms with Gasteiger partial charge in [-0.05, 0) is 47.3 Å². The normalized spacial score (nSPS) is 14.0. The van der Waals surface area contributed by atoms with Crippen LogP contribution < -0.4 is 15.2 Å². The van der Waals surface area contributed by atoms with Crippen LogP contribution in [0.5, 0.6) is 5.75 Å². The van der Waals surface area contributed by atoms with Crippen molar-refractivity contribution in [3.05, 3.63) is 22.4 Å². The minimum Gasteiger partial charge on any atom is -0.530 e. The fourth-order valence-corrected chi connectivity index (χ4v) is 2.57. The number of pyridine rings is 1. The molecule has 22 heavy (non-hydrogen) atoms. The molecule has 1 amide bonds. The zero-order chi connectivity index (χ0) is 16.9. The molecule has 1 N–H and O–H groups in total. The number of amides is 1. The number of carboxylic acid groups (broad SMARTS) is 1. The first kappa shape index (κ1) is 18.6. The van der Waals surface area contributed by atoms with Crippen LogP contribution in [0, 0.1) is 5.92 Å². The summed E-state index contributed by atoms with van der Waals surface area (Å²) in [5, 5.41) is 13.1. The van der Waals surface area contributed by atoms with Crippen molar-refractivity contribution >= 4 is 22.0 Å². The van der Waals surface area contributed by atoms with Gasteiger partial charge < -0.3 is 20.0 Å². The average molecular weight is 380 g/mol. The highest BCUT2D eigenvalue weighted by molar-refractivity contribution is 9.10. The Bertz CT molecular complexity index is 529. The molecule has 5 nitrogen and oxygen atoms in total. The molecular formula is C14H18BrF2N2O3-. The zero-order valence-electron chi connectivity index (χ0n) is 12.5. The Morgan fingerprint density at radius 3 is 2.64 bits per heavy atom. The van der Waals surface area contributed by atoms with E-state index in [9.17, 15) is 18.7 Å². The summed E-state index contributed by atoms with van der Waals surface area (Å²) in [7, 11) is 0. The van der Waals surface area contributed by atoms with Gasteiger partial charge in [-0.3, -0.25) is 0 Å². The number of carbonyl (C=O) groups is 1. The van der Waals surface area contributed by atoms with Gasteiger partial charge in [-0.25, -0.2) is 13.8 Å². The van der Waals surface area contributed by atoms with E-state index in [2.05, 4.69) is 26.2 Å². The SMILES string of the molecule is CC(C)CC(C)(COc1ccc(Br)nc1C(F)F)NC(=O)[O-]. The van der Waals surface area contributed by atoms with E-state index >= 15 is 0 Å². The number of ether oxygens (including phenoxy) is 1. The molecule has 8 heteroatoms. The van der Waals surface area contributed by atoms with Gasteiger partial charge in [-0.15, -0.1) is 0 Å². The number of hydrogen-bond donors (Lipinski definition) is 1. The van der Waals surface area contributed by atoms with Crippen molar-refractivity contribution < 1.29 is 23.4 Å². The molecule has 0 aromatic carbocycles. The molecule has 0 spiro atoms. The summed E-state index contributed by atoms with van der Waals surface area (Å²) >= 11 is 3.02. The fourth-order valence-electron chi connectivity index (χ4n) is 2.25. The molecule has 0 fully saturated rings. The van der Waals surface area contributed by atoms with Crippen LogP contribution in [0.25, 0.3) is 0 Å². The lowest BCUT2D eigenvalue weighted by molar-refractivity contribution is -0.253. The number of halogens is 3. The highest BCUT2D eigenvalue weighted by Crippen LogP contribution is 2.29. The second-order valence-corrected chi connectivity index (χ2v) is 6.49. The number of hydrogen-bond acceptors (Lipinski definition) is 4. The van der Waals surface area contributed by atoms with Crippen LogP contribution in [-0.2, 0) is 0 Å². The molecule has 1 aromatic rings. The van der Waals surface area contributed by atoms with Crippen LogP contribution >= 0.6 is 15.9 Å². The second kappa shape index (κ2) is 7.71. The van der Waals surface area contributed by atoms with Gasteiger partial charge in [-0.2, -0.15) is 0 Å². The minimum atomic E-state index is -2.79. The summed E-state index contributed by atoms with van der Waals surface area (Å²) in [6, 6.07) is 2.85. The van der Waals surface area contributed by atoms with E-state index in [0.717, 1.165) is 0 Å². The van der Waals surface area contributed by atoms with Gasteiger partial charge in [-0.1, -0.05) is 13.8 Å². The van der Waals surface area contributed by atoms with Crippen LogP contribution in [0.3, 0.4) is 0 Å². The van der Waals surface area contributed by atoms with Crippen molar-refractivity contribution in [2.75, 3.05) is 6.61 Å². The molecule has 1 heterocycles. The highest BCUT2D eigenvalue weighted by Gasteiger charge is 2.27. The molecule has 0 aliphatic heterocycles. The quantitative estimate of drug-likeness (QED) is 0.739. The first-order chi connectivity index (χ1) is 10.1. The van der Waals surface area contributed by atoms with E-state index in [1.165, 1.54) is 12.1 Å². The van der Waals surface area contributed by atoms with Gasteiger partial charge in [0.2, 0.25) is 0 Å². The van der Waals surface area contributed by atoms with Gasteiger partial charge in [0.15, 0.2) is 0 Å². The fraction of sp³-hybridized carbons (Fsp3) is 0.571. The molecule has 0 aliphatic rings. The molecule has 0 radical (unpaired) electrons. The first-order valence-corrected chi connectivity index (χ1v) is 7.49. The van der Waals surface area contributed by atoms with E-state index in [4.69, 9.17) is 4.74 Å². The lowest BCUT2D eigenvalue weighted by Crippen LogP contribution is -2.55. The number of aromatic nitrogens is 1.